The molecule has 0 bridgehead atoms. The largest absolute Gasteiger partial charge is 0.462 e. The number of rotatable bonds is 4. The van der Waals surface area contributed by atoms with Crippen molar-refractivity contribution in [1.29, 1.82) is 0 Å². The average Bonchev–Trinajstić information content (AvgIpc) is 2.35. The van der Waals surface area contributed by atoms with Crippen molar-refractivity contribution in [3.05, 3.63) is 30.1 Å². The highest BCUT2D eigenvalue weighted by molar-refractivity contribution is 9.14. The van der Waals surface area contributed by atoms with Gasteiger partial charge in [0.25, 0.3) is 0 Å². The zero-order chi connectivity index (χ0) is 13.9. The molecule has 0 fully saturated rings. The van der Waals surface area contributed by atoms with E-state index in [0.29, 0.717) is 12.2 Å². The molecular formula is C13H15Br3O2. The molecule has 0 unspecified atom stereocenters. The molecule has 18 heavy (non-hydrogen) atoms. The van der Waals surface area contributed by atoms with Gasteiger partial charge in [0.2, 0.25) is 0 Å². The Hall–Kier alpha value is 0.130. The van der Waals surface area contributed by atoms with Crippen LogP contribution in [0.3, 0.4) is 0 Å². The van der Waals surface area contributed by atoms with E-state index in [1.54, 1.807) is 0 Å². The van der Waals surface area contributed by atoms with Crippen molar-refractivity contribution in [1.82, 2.24) is 0 Å². The van der Waals surface area contributed by atoms with E-state index in [0.717, 1.165) is 37.4 Å². The monoisotopic (exact) mass is 440 g/mol. The Labute approximate surface area is 133 Å². The van der Waals surface area contributed by atoms with E-state index >= 15 is 0 Å². The van der Waals surface area contributed by atoms with Gasteiger partial charge in [-0.2, -0.15) is 0 Å². The first-order valence-electron chi connectivity index (χ1n) is 5.84. The highest BCUT2D eigenvalue weighted by Gasteiger charge is 2.23. The Bertz CT molecular complexity index is 470. The molecule has 1 rings (SSSR count). The molecule has 0 aromatic heterocycles. The summed E-state index contributed by atoms with van der Waals surface area (Å²) in [4.78, 5) is 12.1. The third kappa shape index (κ3) is 2.99. The molecule has 0 aliphatic rings. The molecule has 1 aromatic carbocycles. The van der Waals surface area contributed by atoms with Crippen LogP contribution >= 0.6 is 47.8 Å². The van der Waals surface area contributed by atoms with Crippen LogP contribution in [0.4, 0.5) is 0 Å². The number of hydrogen-bond donors (Lipinski definition) is 0. The Morgan fingerprint density at radius 2 is 1.50 bits per heavy atom. The van der Waals surface area contributed by atoms with Crippen molar-refractivity contribution in [3.63, 3.8) is 0 Å². The van der Waals surface area contributed by atoms with E-state index < -0.39 is 0 Å². The van der Waals surface area contributed by atoms with Gasteiger partial charge >= 0.3 is 5.97 Å². The smallest absolute Gasteiger partial charge is 0.339 e. The van der Waals surface area contributed by atoms with Gasteiger partial charge in [0, 0.05) is 13.4 Å². The van der Waals surface area contributed by atoms with Gasteiger partial charge in [0.1, 0.15) is 0 Å². The summed E-state index contributed by atoms with van der Waals surface area (Å²) in [5.41, 5.74) is 2.82. The summed E-state index contributed by atoms with van der Waals surface area (Å²) in [6.07, 6.45) is 1.66. The summed E-state index contributed by atoms with van der Waals surface area (Å²) in [6.45, 7) is 6.31. The van der Waals surface area contributed by atoms with Gasteiger partial charge in [-0.15, -0.1) is 0 Å². The molecule has 5 heteroatoms. The van der Waals surface area contributed by atoms with Crippen LogP contribution in [0.15, 0.2) is 13.4 Å². The van der Waals surface area contributed by atoms with E-state index in [1.165, 1.54) is 0 Å². The van der Waals surface area contributed by atoms with E-state index in [-0.39, 0.29) is 5.97 Å². The maximum absolute atomic E-state index is 12.1. The lowest BCUT2D eigenvalue weighted by Crippen LogP contribution is -2.12. The number of hydrogen-bond acceptors (Lipinski definition) is 2. The lowest BCUT2D eigenvalue weighted by molar-refractivity contribution is 0.0523. The van der Waals surface area contributed by atoms with Gasteiger partial charge in [0.15, 0.2) is 0 Å². The third-order valence-corrected chi connectivity index (χ3v) is 6.25. The molecule has 0 N–H and O–H groups in total. The van der Waals surface area contributed by atoms with Crippen molar-refractivity contribution in [2.75, 3.05) is 6.61 Å². The second-order valence-corrected chi connectivity index (χ2v) is 6.08. The summed E-state index contributed by atoms with van der Waals surface area (Å²) in [7, 11) is 0. The fourth-order valence-electron chi connectivity index (χ4n) is 1.93. The van der Waals surface area contributed by atoms with Gasteiger partial charge in [-0.05, 0) is 78.7 Å². The van der Waals surface area contributed by atoms with Gasteiger partial charge in [-0.3, -0.25) is 0 Å². The van der Waals surface area contributed by atoms with E-state index in [9.17, 15) is 4.79 Å². The summed E-state index contributed by atoms with van der Waals surface area (Å²) in [6, 6.07) is 0. The lowest BCUT2D eigenvalue weighted by Gasteiger charge is -2.17. The molecule has 0 spiro atoms. The second kappa shape index (κ2) is 7.06. The fraction of sp³-hybridized carbons (Fsp3) is 0.462. The van der Waals surface area contributed by atoms with E-state index in [2.05, 4.69) is 54.7 Å². The first-order valence-corrected chi connectivity index (χ1v) is 8.22. The molecule has 0 atom stereocenters. The maximum Gasteiger partial charge on any atom is 0.339 e. The zero-order valence-electron chi connectivity index (χ0n) is 10.6. The molecule has 0 heterocycles. The Kier molecular flexibility index (Phi) is 6.35. The first-order chi connectivity index (χ1) is 8.49. The summed E-state index contributed by atoms with van der Waals surface area (Å²) < 4.78 is 7.75. The van der Waals surface area contributed by atoms with E-state index in [4.69, 9.17) is 4.74 Å². The van der Waals surface area contributed by atoms with Crippen LogP contribution in [0.5, 0.6) is 0 Å². The molecule has 0 saturated carbocycles. The quantitative estimate of drug-likeness (QED) is 0.468. The summed E-state index contributed by atoms with van der Waals surface area (Å²) in [5, 5.41) is 0. The molecule has 0 aliphatic heterocycles. The Morgan fingerprint density at radius 1 is 0.944 bits per heavy atom. The van der Waals surface area contributed by atoms with Gasteiger partial charge < -0.3 is 4.74 Å². The van der Waals surface area contributed by atoms with Crippen molar-refractivity contribution in [2.45, 2.75) is 33.6 Å². The minimum Gasteiger partial charge on any atom is -0.462 e. The van der Waals surface area contributed by atoms with Crippen molar-refractivity contribution >= 4 is 53.8 Å². The van der Waals surface area contributed by atoms with Crippen LogP contribution in [0.1, 0.15) is 42.3 Å². The third-order valence-electron chi connectivity index (χ3n) is 2.72. The Balaban J connectivity index is 3.57. The molecule has 0 amide bonds. The predicted molar refractivity (Wildman–Crippen MR) is 84.3 cm³/mol. The summed E-state index contributed by atoms with van der Waals surface area (Å²) >= 11 is 10.6. The van der Waals surface area contributed by atoms with Crippen molar-refractivity contribution in [2.24, 2.45) is 0 Å². The Morgan fingerprint density at radius 3 is 1.94 bits per heavy atom. The minimum absolute atomic E-state index is 0.274. The SMILES string of the molecule is CCOC(=O)c1c(Br)c(Br)c(Br)c(CC)c1CC. The lowest BCUT2D eigenvalue weighted by atomic mass is 9.97. The average molecular weight is 443 g/mol. The van der Waals surface area contributed by atoms with Crippen molar-refractivity contribution < 1.29 is 9.53 Å². The molecule has 2 nitrogen and oxygen atoms in total. The summed E-state index contributed by atoms with van der Waals surface area (Å²) in [5.74, 6) is -0.274. The topological polar surface area (TPSA) is 26.3 Å². The zero-order valence-corrected chi connectivity index (χ0v) is 15.3. The van der Waals surface area contributed by atoms with Crippen molar-refractivity contribution in [3.8, 4) is 0 Å². The molecular weight excluding hydrogens is 428 g/mol. The molecule has 0 aliphatic carbocycles. The van der Waals surface area contributed by atoms with Crippen LogP contribution in [-0.4, -0.2) is 12.6 Å². The highest BCUT2D eigenvalue weighted by atomic mass is 79.9. The first kappa shape index (κ1) is 16.2. The number of esters is 1. The number of halogens is 3. The van der Waals surface area contributed by atoms with Crippen LogP contribution in [0, 0.1) is 0 Å². The highest BCUT2D eigenvalue weighted by Crippen LogP contribution is 2.40. The predicted octanol–water partition coefficient (Wildman–Crippen LogP) is 5.28. The fourth-order valence-corrected chi connectivity index (χ4v) is 3.95. The minimum atomic E-state index is -0.274. The van der Waals surface area contributed by atoms with Gasteiger partial charge in [-0.25, -0.2) is 4.79 Å². The normalized spacial score (nSPS) is 10.6. The molecule has 100 valence electrons. The second-order valence-electron chi connectivity index (χ2n) is 3.70. The van der Waals surface area contributed by atoms with Crippen LogP contribution in [-0.2, 0) is 17.6 Å². The van der Waals surface area contributed by atoms with Crippen LogP contribution in [0.2, 0.25) is 0 Å². The number of carbonyl (C=O) groups is 1. The molecule has 0 saturated heterocycles. The number of carbonyl (C=O) groups excluding carboxylic acids is 1. The van der Waals surface area contributed by atoms with E-state index in [1.807, 2.05) is 13.8 Å². The maximum atomic E-state index is 12.1. The standard InChI is InChI=1S/C13H15Br3O2/c1-4-7-8(5-2)10(14)12(16)11(15)9(7)13(17)18-6-3/h4-6H2,1-3H3. The van der Waals surface area contributed by atoms with Crippen LogP contribution in [0.25, 0.3) is 0 Å². The van der Waals surface area contributed by atoms with Crippen LogP contribution < -0.4 is 0 Å². The molecule has 0 radical (unpaired) electrons. The number of ether oxygens (including phenoxy) is 1. The molecule has 1 aromatic rings. The van der Waals surface area contributed by atoms with Gasteiger partial charge in [-0.1, -0.05) is 13.8 Å². The number of benzene rings is 1. The van der Waals surface area contributed by atoms with Gasteiger partial charge in [0.05, 0.1) is 12.2 Å².